The smallest absolute Gasteiger partial charge is 0.490 e. The zero-order valence-corrected chi connectivity index (χ0v) is 69.0. The molecule has 0 bridgehead atoms. The third-order valence-corrected chi connectivity index (χ3v) is 22.6. The molecule has 8 aromatic rings. The van der Waals surface area contributed by atoms with Gasteiger partial charge in [0, 0.05) is 69.6 Å². The van der Waals surface area contributed by atoms with Crippen LogP contribution in [0.4, 0.5) is 21.0 Å². The van der Waals surface area contributed by atoms with Gasteiger partial charge in [-0.1, -0.05) is 72.4 Å². The third kappa shape index (κ3) is 18.7. The molecule has 5 aliphatic heterocycles. The molecular weight excluding hydrogens is 1590 g/mol. The Labute approximate surface area is 705 Å². The van der Waals surface area contributed by atoms with Gasteiger partial charge in [0.15, 0.2) is 12.3 Å². The van der Waals surface area contributed by atoms with E-state index in [9.17, 15) is 72.5 Å². The van der Waals surface area contributed by atoms with Gasteiger partial charge in [-0.25, -0.2) is 24.4 Å². The highest BCUT2D eigenvalue weighted by atomic mass is 16.7. The monoisotopic (exact) mass is 1680 g/mol. The van der Waals surface area contributed by atoms with Gasteiger partial charge < -0.3 is 85.4 Å². The molecule has 35 heteroatoms. The molecule has 9 amide bonds. The Morgan fingerprint density at radius 2 is 1.15 bits per heavy atom. The Hall–Kier alpha value is -13.5. The first-order chi connectivity index (χ1) is 58.9. The number of nitrogens with zero attached hydrogens (tertiary/aromatic N) is 6. The first-order valence-corrected chi connectivity index (χ1v) is 40.6. The summed E-state index contributed by atoms with van der Waals surface area (Å²) in [4.78, 5) is 186. The number of alkyl carbamates (subject to hydrolysis) is 1. The van der Waals surface area contributed by atoms with Gasteiger partial charge in [-0.05, 0) is 159 Å². The molecule has 4 aromatic heterocycles. The van der Waals surface area contributed by atoms with Crippen LogP contribution in [-0.2, 0) is 126 Å². The zero-order valence-electron chi connectivity index (χ0n) is 69.0. The van der Waals surface area contributed by atoms with Crippen molar-refractivity contribution < 1.29 is 91.4 Å². The Balaban J connectivity index is 0.544. The Bertz CT molecular complexity index is 5750. The first-order valence-electron chi connectivity index (χ1n) is 40.6. The summed E-state index contributed by atoms with van der Waals surface area (Å²) in [5, 5.41) is 42.9. The number of nitrogens with one attached hydrogen (secondary N) is 7. The van der Waals surface area contributed by atoms with Gasteiger partial charge in [-0.2, -0.15) is 0 Å². The molecule has 4 aromatic carbocycles. The van der Waals surface area contributed by atoms with E-state index in [4.69, 9.17) is 44.1 Å². The van der Waals surface area contributed by atoms with Crippen LogP contribution in [0.1, 0.15) is 136 Å². The summed E-state index contributed by atoms with van der Waals surface area (Å²) in [6, 6.07) is 23.0. The average molecular weight is 1690 g/mol. The van der Waals surface area contributed by atoms with Gasteiger partial charge in [0.05, 0.1) is 77.7 Å². The van der Waals surface area contributed by atoms with Crippen molar-refractivity contribution in [1.29, 1.82) is 0 Å². The summed E-state index contributed by atoms with van der Waals surface area (Å²) in [6.45, 7) is 13.8. The molecule has 0 saturated carbocycles. The Kier molecular flexibility index (Phi) is 26.4. The van der Waals surface area contributed by atoms with Gasteiger partial charge in [-0.3, -0.25) is 63.1 Å². The quantitative estimate of drug-likeness (QED) is 0.00573. The molecule has 0 radical (unpaired) electrons. The fourth-order valence-electron chi connectivity index (χ4n) is 15.7. The van der Waals surface area contributed by atoms with Crippen LogP contribution >= 0.6 is 0 Å². The van der Waals surface area contributed by atoms with Crippen molar-refractivity contribution in [2.24, 2.45) is 11.7 Å². The number of amides is 9. The number of aliphatic hydroxyl groups is 2. The fraction of sp³-hybridized carbons (Fsp3) is 0.375. The van der Waals surface area contributed by atoms with E-state index in [0.29, 0.717) is 111 Å². The molecule has 644 valence electrons. The predicted molar refractivity (Wildman–Crippen MR) is 446 cm³/mol. The van der Waals surface area contributed by atoms with Crippen molar-refractivity contribution in [3.8, 4) is 34.3 Å². The minimum Gasteiger partial charge on any atom is -0.490 e. The number of ether oxygens (including phenoxy) is 6. The van der Waals surface area contributed by atoms with Crippen LogP contribution in [-0.4, -0.2) is 169 Å². The van der Waals surface area contributed by atoms with Crippen molar-refractivity contribution in [3.63, 3.8) is 0 Å². The largest absolute Gasteiger partial charge is 0.514 e. The van der Waals surface area contributed by atoms with E-state index in [2.05, 4.69) is 43.8 Å². The number of benzene rings is 4. The maximum absolute atomic E-state index is 13.9. The van der Waals surface area contributed by atoms with Gasteiger partial charge in [0.2, 0.25) is 35.4 Å². The van der Waals surface area contributed by atoms with E-state index < -0.39 is 126 Å². The number of esters is 1. The molecule has 0 aliphatic carbocycles. The summed E-state index contributed by atoms with van der Waals surface area (Å²) >= 11 is 0. The lowest BCUT2D eigenvalue weighted by atomic mass is 9.84. The number of hydrogen-bond acceptors (Lipinski definition) is 25. The van der Waals surface area contributed by atoms with E-state index in [1.54, 1.807) is 122 Å². The summed E-state index contributed by atoms with van der Waals surface area (Å²) in [5.41, 5.74) is 11.6. The number of unbranched alkanes of at least 4 members (excludes halogenated alkanes) is 1. The molecule has 35 nitrogen and oxygen atoms in total. The van der Waals surface area contributed by atoms with Crippen LogP contribution < -0.4 is 63.5 Å². The third-order valence-electron chi connectivity index (χ3n) is 22.6. The molecule has 0 unspecified atom stereocenters. The second-order valence-corrected chi connectivity index (χ2v) is 30.9. The molecule has 9 heterocycles. The number of aromatic nitrogens is 4. The van der Waals surface area contributed by atoms with Crippen LogP contribution in [0.2, 0.25) is 0 Å². The molecule has 0 spiro atoms. The second-order valence-electron chi connectivity index (χ2n) is 30.9. The summed E-state index contributed by atoms with van der Waals surface area (Å²) in [6.07, 6.45) is 2.89. The lowest BCUT2D eigenvalue weighted by Crippen LogP contribution is -2.55. The van der Waals surface area contributed by atoms with Crippen molar-refractivity contribution in [2.75, 3.05) is 56.6 Å². The van der Waals surface area contributed by atoms with Crippen molar-refractivity contribution >= 4 is 98.7 Å². The number of imide groups is 1. The normalized spacial score (nSPS) is 16.5. The maximum atomic E-state index is 13.9. The number of cyclic esters (lactones) is 1. The number of fused-ring (bicyclic) bond motifs is 10. The lowest BCUT2D eigenvalue weighted by molar-refractivity contribution is -0.172. The number of carbonyl (C=O) groups excluding carboxylic acids is 11. The molecule has 123 heavy (non-hydrogen) atoms. The summed E-state index contributed by atoms with van der Waals surface area (Å²) < 4.78 is 36.5. The topological polar surface area (TPSA) is 470 Å². The first kappa shape index (κ1) is 87.3. The van der Waals surface area contributed by atoms with E-state index in [0.717, 1.165) is 44.7 Å². The average Bonchev–Trinajstić information content (AvgIpc) is 1.60. The van der Waals surface area contributed by atoms with E-state index >= 15 is 0 Å². The van der Waals surface area contributed by atoms with Gasteiger partial charge in [0.25, 0.3) is 22.9 Å². The molecule has 5 atom stereocenters. The maximum Gasteiger partial charge on any atom is 0.514 e. The van der Waals surface area contributed by atoms with Crippen molar-refractivity contribution in [2.45, 2.75) is 162 Å². The number of rotatable bonds is 34. The van der Waals surface area contributed by atoms with Crippen LogP contribution in [0.5, 0.6) is 11.5 Å². The minimum absolute atomic E-state index is 0.00186. The molecule has 11 N–H and O–H groups in total. The standard InChI is InChI=1S/C88H96N14O21/c1-9-56-58-33-54(24-26-66(58)96-77-60(56)38-101-69(77)35-64-62(82(101)111)44-118-49(8)87(64,116)11-3)122-46-91-85(114)120-42-50-16-20-52(21-17-50)93-79(108)48(7)92-81(110)76(47(5)6)98-73(105)41-99(31-32-100-74(106)28-29-75(100)107)40-72(104)90-37-71(103)95-68(15-13-14-30-89)80(109)94-53-22-18-51(19-23-53)43-121-86(115)123-55-25-27-67-59(34-55)57(10-2)61-39-102-70(78(61)97-67)36-65-63(83(102)112)45-119-84(113)88(65,117)12-4/h16-29,33-36,47-48,68,76,116-117H,8-15,30-32,37-46,89H2,1-7H3,(H,90,104)(H,91,114)(H,92,110)(H,93,108)(H,94,109)(H,95,103)(H,98,105)/t48-,68-,76-,87+,88-/m0/s1. The molecule has 0 saturated heterocycles. The summed E-state index contributed by atoms with van der Waals surface area (Å²) in [5.74, 6) is -5.99. The Morgan fingerprint density at radius 1 is 0.610 bits per heavy atom. The minimum atomic E-state index is -1.98. The highest BCUT2D eigenvalue weighted by Gasteiger charge is 2.47. The van der Waals surface area contributed by atoms with Crippen molar-refractivity contribution in [1.82, 2.24) is 55.5 Å². The van der Waals surface area contributed by atoms with Crippen LogP contribution in [0, 0.1) is 5.92 Å². The van der Waals surface area contributed by atoms with Crippen LogP contribution in [0.25, 0.3) is 44.6 Å². The Morgan fingerprint density at radius 3 is 1.72 bits per heavy atom. The molecular formula is C88H96N14O21. The summed E-state index contributed by atoms with van der Waals surface area (Å²) in [7, 11) is 0. The van der Waals surface area contributed by atoms with Gasteiger partial charge in [0.1, 0.15) is 67.4 Å². The van der Waals surface area contributed by atoms with Crippen LogP contribution in [0.3, 0.4) is 0 Å². The number of carbonyl (C=O) groups is 11. The van der Waals surface area contributed by atoms with Gasteiger partial charge >= 0.3 is 18.2 Å². The molecule has 0 fully saturated rings. The predicted octanol–water partition coefficient (Wildman–Crippen LogP) is 5.74. The van der Waals surface area contributed by atoms with E-state index in [1.165, 1.54) is 11.8 Å². The number of nitrogens with two attached hydrogens (primary N) is 1. The molecule has 13 rings (SSSR count). The lowest BCUT2D eigenvalue weighted by Gasteiger charge is -2.35. The highest BCUT2D eigenvalue weighted by molar-refractivity contribution is 6.13. The van der Waals surface area contributed by atoms with Gasteiger partial charge in [-0.15, -0.1) is 0 Å². The van der Waals surface area contributed by atoms with E-state index in [1.807, 2.05) is 26.0 Å². The van der Waals surface area contributed by atoms with Crippen molar-refractivity contribution in [3.05, 3.63) is 198 Å². The number of hydrogen-bond donors (Lipinski definition) is 10. The van der Waals surface area contributed by atoms with E-state index in [-0.39, 0.29) is 107 Å². The second kappa shape index (κ2) is 37.2. The SMILES string of the molecule is C=C1OCc2c(cc3n(c2=O)Cc2c-3nc3ccc(OCNC(=O)OCc4ccc(NC(=O)[C@H](C)NC(=O)[C@@H](NC(=O)CN(CCN5C(=O)C=CC5=O)CC(=O)NCC(=O)N[C@@H](CCCCN)C(=O)Nc5ccc(COC(=O)Oc6ccc7nc8c(c(CC)c7c6)Cn6c-8cc7c(c6=O)COC(=O)[C@]7(O)CC)cc5)C(C)C)cc4)cc3c2CC)[C@@]1(O)CC. The number of aryl methyl sites for hydroxylation is 2. The fourth-order valence-corrected chi connectivity index (χ4v) is 15.7. The number of anilines is 2. The highest BCUT2D eigenvalue weighted by Crippen LogP contribution is 2.45. The van der Waals surface area contributed by atoms with Crippen LogP contribution in [0.15, 0.2) is 131 Å². The molecule has 5 aliphatic rings. The zero-order chi connectivity index (χ0) is 87.9. The number of pyridine rings is 4.